The van der Waals surface area contributed by atoms with Gasteiger partial charge in [-0.1, -0.05) is 33.6 Å². The Bertz CT molecular complexity index is 419. The Balaban J connectivity index is 2.18. The third kappa shape index (κ3) is 3.19. The summed E-state index contributed by atoms with van der Waals surface area (Å²) in [6.07, 6.45) is 9.19. The quantitative estimate of drug-likeness (QED) is 0.908. The van der Waals surface area contributed by atoms with Gasteiger partial charge in [0.05, 0.1) is 11.8 Å². The molecule has 0 aliphatic heterocycles. The Kier molecular flexibility index (Phi) is 4.05. The third-order valence-corrected chi connectivity index (χ3v) is 4.57. The maximum absolute atomic E-state index is 11.2. The van der Waals surface area contributed by atoms with Crippen LogP contribution >= 0.6 is 0 Å². The molecular formula is C16H28N2O. The molecule has 2 rings (SSSR count). The van der Waals surface area contributed by atoms with E-state index < -0.39 is 5.60 Å². The van der Waals surface area contributed by atoms with E-state index in [-0.39, 0.29) is 5.41 Å². The van der Waals surface area contributed by atoms with Gasteiger partial charge in [0.1, 0.15) is 0 Å². The molecule has 1 N–H and O–H groups in total. The van der Waals surface area contributed by atoms with Gasteiger partial charge in [-0.25, -0.2) is 0 Å². The van der Waals surface area contributed by atoms with Gasteiger partial charge in [0.25, 0.3) is 0 Å². The van der Waals surface area contributed by atoms with Crippen LogP contribution in [0.4, 0.5) is 0 Å². The van der Waals surface area contributed by atoms with Crippen LogP contribution < -0.4 is 0 Å². The minimum absolute atomic E-state index is 0.163. The number of hydrogen-bond acceptors (Lipinski definition) is 2. The van der Waals surface area contributed by atoms with Crippen molar-refractivity contribution in [2.24, 2.45) is 11.3 Å². The number of aliphatic hydroxyl groups is 1. The summed E-state index contributed by atoms with van der Waals surface area (Å²) in [7, 11) is 0. The Hall–Kier alpha value is -0.830. The fourth-order valence-corrected chi connectivity index (χ4v) is 3.70. The number of hydrogen-bond donors (Lipinski definition) is 1. The molecule has 2 atom stereocenters. The van der Waals surface area contributed by atoms with Crippen LogP contribution in [0.2, 0.25) is 0 Å². The molecule has 0 amide bonds. The van der Waals surface area contributed by atoms with Crippen LogP contribution in [0.5, 0.6) is 0 Å². The predicted octanol–water partition coefficient (Wildman–Crippen LogP) is 3.41. The lowest BCUT2D eigenvalue weighted by Gasteiger charge is -2.47. The highest BCUT2D eigenvalue weighted by atomic mass is 16.3. The monoisotopic (exact) mass is 264 g/mol. The fourth-order valence-electron chi connectivity index (χ4n) is 3.70. The Morgan fingerprint density at radius 1 is 1.42 bits per heavy atom. The van der Waals surface area contributed by atoms with Crippen molar-refractivity contribution in [2.45, 2.75) is 71.9 Å². The van der Waals surface area contributed by atoms with E-state index in [1.54, 1.807) is 0 Å². The van der Waals surface area contributed by atoms with E-state index >= 15 is 0 Å². The van der Waals surface area contributed by atoms with Crippen molar-refractivity contribution in [1.82, 2.24) is 9.78 Å². The molecule has 1 heterocycles. The standard InChI is InChI=1S/C16H28N2O/c1-5-18-12-13(11-17-18)10-16(19)9-7-6-8-14(16)15(2,3)4/h11-12,14,19H,5-10H2,1-4H3. The molecule has 1 saturated carbocycles. The first-order valence-electron chi connectivity index (χ1n) is 7.59. The van der Waals surface area contributed by atoms with E-state index in [1.165, 1.54) is 12.0 Å². The van der Waals surface area contributed by atoms with Crippen LogP contribution in [-0.4, -0.2) is 20.5 Å². The van der Waals surface area contributed by atoms with Gasteiger partial charge < -0.3 is 5.11 Å². The third-order valence-electron chi connectivity index (χ3n) is 4.57. The van der Waals surface area contributed by atoms with Crippen LogP contribution in [0.15, 0.2) is 12.4 Å². The van der Waals surface area contributed by atoms with Gasteiger partial charge in [-0.05, 0) is 36.7 Å². The second-order valence-corrected chi connectivity index (χ2v) is 7.15. The van der Waals surface area contributed by atoms with Gasteiger partial charge >= 0.3 is 0 Å². The first kappa shape index (κ1) is 14.6. The first-order chi connectivity index (χ1) is 8.85. The molecular weight excluding hydrogens is 236 g/mol. The van der Waals surface area contributed by atoms with Crippen molar-refractivity contribution in [3.63, 3.8) is 0 Å². The Labute approximate surface area is 117 Å². The largest absolute Gasteiger partial charge is 0.389 e. The average molecular weight is 264 g/mol. The number of nitrogens with zero attached hydrogens (tertiary/aromatic N) is 2. The molecule has 2 unspecified atom stereocenters. The lowest BCUT2D eigenvalue weighted by atomic mass is 9.62. The minimum atomic E-state index is -0.557. The predicted molar refractivity (Wildman–Crippen MR) is 78.0 cm³/mol. The first-order valence-corrected chi connectivity index (χ1v) is 7.59. The molecule has 19 heavy (non-hydrogen) atoms. The fraction of sp³-hybridized carbons (Fsp3) is 0.812. The van der Waals surface area contributed by atoms with E-state index in [4.69, 9.17) is 0 Å². The molecule has 1 aromatic rings. The van der Waals surface area contributed by atoms with Crippen molar-refractivity contribution >= 4 is 0 Å². The summed E-state index contributed by atoms with van der Waals surface area (Å²) in [5.74, 6) is 0.374. The van der Waals surface area contributed by atoms with Crippen LogP contribution in [0.1, 0.15) is 58.9 Å². The summed E-state index contributed by atoms with van der Waals surface area (Å²) < 4.78 is 1.94. The van der Waals surface area contributed by atoms with Crippen molar-refractivity contribution in [2.75, 3.05) is 0 Å². The molecule has 1 aliphatic rings. The lowest BCUT2D eigenvalue weighted by Crippen LogP contribution is -2.48. The van der Waals surface area contributed by atoms with Crippen LogP contribution in [-0.2, 0) is 13.0 Å². The lowest BCUT2D eigenvalue weighted by molar-refractivity contribution is -0.0889. The van der Waals surface area contributed by atoms with Gasteiger partial charge in [0, 0.05) is 19.2 Å². The van der Waals surface area contributed by atoms with Gasteiger partial charge in [0.15, 0.2) is 0 Å². The maximum atomic E-state index is 11.2. The summed E-state index contributed by atoms with van der Waals surface area (Å²) in [5.41, 5.74) is 0.772. The van der Waals surface area contributed by atoms with Crippen molar-refractivity contribution < 1.29 is 5.11 Å². The maximum Gasteiger partial charge on any atom is 0.0722 e. The molecule has 3 heteroatoms. The summed E-state index contributed by atoms with van der Waals surface area (Å²) in [5, 5.41) is 15.5. The molecule has 1 aromatic heterocycles. The number of aromatic nitrogens is 2. The van der Waals surface area contributed by atoms with E-state index in [0.717, 1.165) is 32.2 Å². The van der Waals surface area contributed by atoms with E-state index in [9.17, 15) is 5.11 Å². The zero-order valence-corrected chi connectivity index (χ0v) is 12.8. The zero-order valence-electron chi connectivity index (χ0n) is 12.8. The Morgan fingerprint density at radius 3 is 2.74 bits per heavy atom. The van der Waals surface area contributed by atoms with Gasteiger partial charge in [-0.15, -0.1) is 0 Å². The van der Waals surface area contributed by atoms with Gasteiger partial charge in [-0.2, -0.15) is 5.10 Å². The smallest absolute Gasteiger partial charge is 0.0722 e. The molecule has 0 aromatic carbocycles. The number of aryl methyl sites for hydroxylation is 1. The van der Waals surface area contributed by atoms with E-state index in [0.29, 0.717) is 5.92 Å². The van der Waals surface area contributed by atoms with Crippen molar-refractivity contribution in [3.8, 4) is 0 Å². The molecule has 1 fully saturated rings. The second kappa shape index (κ2) is 5.28. The molecule has 0 saturated heterocycles. The molecule has 0 radical (unpaired) electrons. The zero-order chi connectivity index (χ0) is 14.1. The summed E-state index contributed by atoms with van der Waals surface area (Å²) in [6.45, 7) is 9.74. The summed E-state index contributed by atoms with van der Waals surface area (Å²) >= 11 is 0. The highest BCUT2D eigenvalue weighted by Crippen LogP contribution is 2.45. The van der Waals surface area contributed by atoms with Gasteiger partial charge in [0.2, 0.25) is 0 Å². The normalized spacial score (nSPS) is 28.6. The topological polar surface area (TPSA) is 38.0 Å². The van der Waals surface area contributed by atoms with Crippen LogP contribution in [0, 0.1) is 11.3 Å². The highest BCUT2D eigenvalue weighted by Gasteiger charge is 2.44. The van der Waals surface area contributed by atoms with Crippen LogP contribution in [0.25, 0.3) is 0 Å². The molecule has 3 nitrogen and oxygen atoms in total. The second-order valence-electron chi connectivity index (χ2n) is 7.15. The van der Waals surface area contributed by atoms with Crippen LogP contribution in [0.3, 0.4) is 0 Å². The van der Waals surface area contributed by atoms with E-state index in [2.05, 4.69) is 39.0 Å². The van der Waals surface area contributed by atoms with E-state index in [1.807, 2.05) is 10.9 Å². The van der Waals surface area contributed by atoms with Crippen molar-refractivity contribution in [1.29, 1.82) is 0 Å². The summed E-state index contributed by atoms with van der Waals surface area (Å²) in [4.78, 5) is 0. The number of rotatable bonds is 3. The highest BCUT2D eigenvalue weighted by molar-refractivity contribution is 5.11. The summed E-state index contributed by atoms with van der Waals surface area (Å²) in [6, 6.07) is 0. The van der Waals surface area contributed by atoms with Crippen molar-refractivity contribution in [3.05, 3.63) is 18.0 Å². The molecule has 0 bridgehead atoms. The molecule has 108 valence electrons. The average Bonchev–Trinajstić information content (AvgIpc) is 2.75. The Morgan fingerprint density at radius 2 is 2.16 bits per heavy atom. The van der Waals surface area contributed by atoms with Gasteiger partial charge in [-0.3, -0.25) is 4.68 Å². The molecule has 0 spiro atoms. The molecule has 1 aliphatic carbocycles. The SMILES string of the molecule is CCn1cc(CC2(O)CCCCC2C(C)(C)C)cn1. The minimum Gasteiger partial charge on any atom is -0.389 e.